The van der Waals surface area contributed by atoms with Gasteiger partial charge < -0.3 is 10.6 Å². The van der Waals surface area contributed by atoms with Gasteiger partial charge in [-0.25, -0.2) is 0 Å². The van der Waals surface area contributed by atoms with Gasteiger partial charge in [-0.2, -0.15) is 13.2 Å². The Kier molecular flexibility index (Phi) is 4.97. The molecule has 136 valence electrons. The van der Waals surface area contributed by atoms with Gasteiger partial charge in [0.15, 0.2) is 0 Å². The second kappa shape index (κ2) is 7.19. The molecule has 0 bridgehead atoms. The number of hydrogen-bond acceptors (Lipinski definition) is 2. The van der Waals surface area contributed by atoms with Crippen molar-refractivity contribution < 1.29 is 22.8 Å². The van der Waals surface area contributed by atoms with Crippen molar-refractivity contribution in [2.75, 3.05) is 5.32 Å². The molecule has 0 heterocycles. The third kappa shape index (κ3) is 4.62. The SMILES string of the molecule is O=C(NCc1ccc(C(F)(F)F)cc1)c1ccc(NC(=O)C2CC2)cc1. The highest BCUT2D eigenvalue weighted by atomic mass is 19.4. The Morgan fingerprint density at radius 2 is 1.58 bits per heavy atom. The van der Waals surface area contributed by atoms with Gasteiger partial charge in [-0.15, -0.1) is 0 Å². The first-order chi connectivity index (χ1) is 12.3. The van der Waals surface area contributed by atoms with Crippen LogP contribution in [0.5, 0.6) is 0 Å². The average molecular weight is 362 g/mol. The Bertz CT molecular complexity index is 795. The lowest BCUT2D eigenvalue weighted by Crippen LogP contribution is -2.23. The maximum absolute atomic E-state index is 12.5. The highest BCUT2D eigenvalue weighted by Crippen LogP contribution is 2.30. The van der Waals surface area contributed by atoms with E-state index >= 15 is 0 Å². The van der Waals surface area contributed by atoms with Gasteiger partial charge in [-0.3, -0.25) is 9.59 Å². The third-order valence-corrected chi connectivity index (χ3v) is 4.10. The summed E-state index contributed by atoms with van der Waals surface area (Å²) in [7, 11) is 0. The summed E-state index contributed by atoms with van der Waals surface area (Å²) < 4.78 is 37.6. The maximum atomic E-state index is 12.5. The molecular formula is C19H17F3N2O2. The normalized spacial score (nSPS) is 14.0. The van der Waals surface area contributed by atoms with Crippen LogP contribution in [0.3, 0.4) is 0 Å². The van der Waals surface area contributed by atoms with Crippen molar-refractivity contribution in [1.29, 1.82) is 0 Å². The van der Waals surface area contributed by atoms with E-state index in [9.17, 15) is 22.8 Å². The molecule has 26 heavy (non-hydrogen) atoms. The molecular weight excluding hydrogens is 345 g/mol. The van der Waals surface area contributed by atoms with Gasteiger partial charge in [0.25, 0.3) is 5.91 Å². The standard InChI is InChI=1S/C19H17F3N2O2/c20-19(21,22)15-7-1-12(2-8-15)11-23-17(25)13-5-9-16(10-6-13)24-18(26)14-3-4-14/h1-2,5-10,14H,3-4,11H2,(H,23,25)(H,24,26). The summed E-state index contributed by atoms with van der Waals surface area (Å²) in [6.07, 6.45) is -2.55. The van der Waals surface area contributed by atoms with Gasteiger partial charge in [-0.05, 0) is 54.8 Å². The zero-order valence-electron chi connectivity index (χ0n) is 13.8. The Morgan fingerprint density at radius 3 is 2.12 bits per heavy atom. The number of halogens is 3. The largest absolute Gasteiger partial charge is 0.416 e. The van der Waals surface area contributed by atoms with Gasteiger partial charge in [0, 0.05) is 23.7 Å². The second-order valence-electron chi connectivity index (χ2n) is 6.22. The average Bonchev–Trinajstić information content (AvgIpc) is 3.45. The van der Waals surface area contributed by atoms with Crippen LogP contribution < -0.4 is 10.6 Å². The fourth-order valence-corrected chi connectivity index (χ4v) is 2.39. The molecule has 2 N–H and O–H groups in total. The molecule has 0 aliphatic heterocycles. The Hall–Kier alpha value is -2.83. The molecule has 2 aromatic rings. The van der Waals surface area contributed by atoms with Crippen LogP contribution in [-0.4, -0.2) is 11.8 Å². The first-order valence-electron chi connectivity index (χ1n) is 8.18. The van der Waals surface area contributed by atoms with Crippen LogP contribution in [0.4, 0.5) is 18.9 Å². The van der Waals surface area contributed by atoms with E-state index in [0.717, 1.165) is 25.0 Å². The summed E-state index contributed by atoms with van der Waals surface area (Å²) in [6.45, 7) is 0.122. The van der Waals surface area contributed by atoms with Gasteiger partial charge in [-0.1, -0.05) is 12.1 Å². The quantitative estimate of drug-likeness (QED) is 0.845. The molecule has 4 nitrogen and oxygen atoms in total. The molecule has 1 aliphatic carbocycles. The molecule has 1 aliphatic rings. The minimum atomic E-state index is -4.38. The lowest BCUT2D eigenvalue weighted by Gasteiger charge is -2.09. The van der Waals surface area contributed by atoms with E-state index in [4.69, 9.17) is 0 Å². The number of alkyl halides is 3. The van der Waals surface area contributed by atoms with Crippen LogP contribution in [0.2, 0.25) is 0 Å². The van der Waals surface area contributed by atoms with E-state index in [0.29, 0.717) is 16.8 Å². The molecule has 2 amide bonds. The number of amides is 2. The zero-order valence-corrected chi connectivity index (χ0v) is 13.8. The van der Waals surface area contributed by atoms with Crippen molar-refractivity contribution >= 4 is 17.5 Å². The second-order valence-corrected chi connectivity index (χ2v) is 6.22. The van der Waals surface area contributed by atoms with E-state index in [2.05, 4.69) is 10.6 Å². The van der Waals surface area contributed by atoms with Crippen LogP contribution in [0.15, 0.2) is 48.5 Å². The van der Waals surface area contributed by atoms with Crippen molar-refractivity contribution in [3.05, 3.63) is 65.2 Å². The monoisotopic (exact) mass is 362 g/mol. The zero-order chi connectivity index (χ0) is 18.7. The van der Waals surface area contributed by atoms with Crippen LogP contribution in [0, 0.1) is 5.92 Å². The van der Waals surface area contributed by atoms with Crippen molar-refractivity contribution in [2.45, 2.75) is 25.6 Å². The number of hydrogen-bond donors (Lipinski definition) is 2. The molecule has 0 unspecified atom stereocenters. The Balaban J connectivity index is 1.53. The van der Waals surface area contributed by atoms with E-state index in [-0.39, 0.29) is 24.3 Å². The van der Waals surface area contributed by atoms with Crippen LogP contribution in [0.25, 0.3) is 0 Å². The van der Waals surface area contributed by atoms with Crippen molar-refractivity contribution in [1.82, 2.24) is 5.32 Å². The summed E-state index contributed by atoms with van der Waals surface area (Å²) in [5.41, 5.74) is 0.874. The fraction of sp³-hybridized carbons (Fsp3) is 0.263. The fourth-order valence-electron chi connectivity index (χ4n) is 2.39. The summed E-state index contributed by atoms with van der Waals surface area (Å²) >= 11 is 0. The predicted octanol–water partition coefficient (Wildman–Crippen LogP) is 3.98. The smallest absolute Gasteiger partial charge is 0.348 e. The predicted molar refractivity (Wildman–Crippen MR) is 90.4 cm³/mol. The molecule has 0 saturated heterocycles. The minimum Gasteiger partial charge on any atom is -0.348 e. The molecule has 1 saturated carbocycles. The van der Waals surface area contributed by atoms with Gasteiger partial charge in [0.05, 0.1) is 5.56 Å². The van der Waals surface area contributed by atoms with E-state index in [1.807, 2.05) is 0 Å². The van der Waals surface area contributed by atoms with Gasteiger partial charge in [0.2, 0.25) is 5.91 Å². The summed E-state index contributed by atoms with van der Waals surface area (Å²) in [6, 6.07) is 11.1. The van der Waals surface area contributed by atoms with E-state index in [1.54, 1.807) is 24.3 Å². The summed E-state index contributed by atoms with van der Waals surface area (Å²) in [4.78, 5) is 23.8. The highest BCUT2D eigenvalue weighted by Gasteiger charge is 2.30. The number of nitrogens with one attached hydrogen (secondary N) is 2. The Labute approximate surface area is 148 Å². The van der Waals surface area contributed by atoms with Crippen molar-refractivity contribution in [3.63, 3.8) is 0 Å². The topological polar surface area (TPSA) is 58.2 Å². The summed E-state index contributed by atoms with van der Waals surface area (Å²) in [5.74, 6) is -0.254. The number of carbonyl (C=O) groups excluding carboxylic acids is 2. The lowest BCUT2D eigenvalue weighted by atomic mass is 10.1. The lowest BCUT2D eigenvalue weighted by molar-refractivity contribution is -0.137. The molecule has 0 spiro atoms. The first-order valence-corrected chi connectivity index (χ1v) is 8.18. The molecule has 0 aromatic heterocycles. The van der Waals surface area contributed by atoms with Crippen LogP contribution in [-0.2, 0) is 17.5 Å². The number of anilines is 1. The first kappa shape index (κ1) is 18.0. The van der Waals surface area contributed by atoms with Crippen LogP contribution >= 0.6 is 0 Å². The Morgan fingerprint density at radius 1 is 0.962 bits per heavy atom. The number of carbonyl (C=O) groups is 2. The van der Waals surface area contributed by atoms with Crippen LogP contribution in [0.1, 0.15) is 34.3 Å². The number of rotatable bonds is 5. The molecule has 2 aromatic carbocycles. The summed E-state index contributed by atoms with van der Waals surface area (Å²) in [5, 5.41) is 5.44. The minimum absolute atomic E-state index is 0.00972. The third-order valence-electron chi connectivity index (χ3n) is 4.10. The van der Waals surface area contributed by atoms with Crippen molar-refractivity contribution in [3.8, 4) is 0 Å². The molecule has 0 atom stereocenters. The number of benzene rings is 2. The highest BCUT2D eigenvalue weighted by molar-refractivity contribution is 5.96. The van der Waals surface area contributed by atoms with Gasteiger partial charge in [0.1, 0.15) is 0 Å². The van der Waals surface area contributed by atoms with E-state index in [1.165, 1.54) is 12.1 Å². The van der Waals surface area contributed by atoms with E-state index < -0.39 is 11.7 Å². The maximum Gasteiger partial charge on any atom is 0.416 e. The van der Waals surface area contributed by atoms with Crippen molar-refractivity contribution in [2.24, 2.45) is 5.92 Å². The molecule has 1 fully saturated rings. The van der Waals surface area contributed by atoms with Gasteiger partial charge >= 0.3 is 6.18 Å². The molecule has 7 heteroatoms. The molecule has 3 rings (SSSR count). The molecule has 0 radical (unpaired) electrons.